The van der Waals surface area contributed by atoms with Gasteiger partial charge in [0.15, 0.2) is 0 Å². The van der Waals surface area contributed by atoms with Crippen LogP contribution in [0.5, 0.6) is 0 Å². The first-order valence-corrected chi connectivity index (χ1v) is 8.57. The molecule has 1 saturated heterocycles. The van der Waals surface area contributed by atoms with Gasteiger partial charge in [0.05, 0.1) is 17.2 Å². The zero-order chi connectivity index (χ0) is 16.4. The Balaban J connectivity index is 1.95. The number of piperidine rings is 1. The molecule has 2 aromatic rings. The molecule has 1 aromatic heterocycles. The summed E-state index contributed by atoms with van der Waals surface area (Å²) < 4.78 is 0. The highest BCUT2D eigenvalue weighted by atomic mass is 32.1. The van der Waals surface area contributed by atoms with E-state index < -0.39 is 5.91 Å². The van der Waals surface area contributed by atoms with Gasteiger partial charge < -0.3 is 10.6 Å². The van der Waals surface area contributed by atoms with E-state index in [1.807, 2.05) is 17.2 Å². The minimum absolute atomic E-state index is 0.0177. The SMILES string of the molecule is Cc1csc([C@H]2CCCCN2C(=O)c2ccccc2C(N)=O)n1. The van der Waals surface area contributed by atoms with Gasteiger partial charge in [-0.1, -0.05) is 12.1 Å². The number of thiazole rings is 1. The van der Waals surface area contributed by atoms with Crippen LogP contribution in [0.15, 0.2) is 29.6 Å². The largest absolute Gasteiger partial charge is 0.366 e. The maximum Gasteiger partial charge on any atom is 0.255 e. The third-order valence-corrected chi connectivity index (χ3v) is 5.17. The van der Waals surface area contributed by atoms with E-state index in [9.17, 15) is 9.59 Å². The van der Waals surface area contributed by atoms with Crippen molar-refractivity contribution in [1.82, 2.24) is 9.88 Å². The Morgan fingerprint density at radius 1 is 1.26 bits per heavy atom. The predicted octanol–water partition coefficient (Wildman–Crippen LogP) is 2.92. The van der Waals surface area contributed by atoms with Gasteiger partial charge in [-0.3, -0.25) is 9.59 Å². The molecule has 1 fully saturated rings. The number of benzene rings is 1. The Hall–Kier alpha value is -2.21. The van der Waals surface area contributed by atoms with E-state index in [0.29, 0.717) is 12.1 Å². The standard InChI is InChI=1S/C17H19N3O2S/c1-11-10-23-16(19-11)14-8-4-5-9-20(14)17(22)13-7-3-2-6-12(13)15(18)21/h2-3,6-7,10,14H,4-5,8-9H2,1H3,(H2,18,21)/t14-/m1/s1. The molecule has 120 valence electrons. The van der Waals surface area contributed by atoms with E-state index in [0.717, 1.165) is 30.0 Å². The third kappa shape index (κ3) is 3.12. The molecular weight excluding hydrogens is 310 g/mol. The lowest BCUT2D eigenvalue weighted by atomic mass is 9.99. The molecule has 2 heterocycles. The summed E-state index contributed by atoms with van der Waals surface area (Å²) in [5, 5.41) is 2.97. The molecule has 0 spiro atoms. The lowest BCUT2D eigenvalue weighted by Crippen LogP contribution is -2.39. The Morgan fingerprint density at radius 3 is 2.65 bits per heavy atom. The van der Waals surface area contributed by atoms with Gasteiger partial charge in [-0.15, -0.1) is 11.3 Å². The van der Waals surface area contributed by atoms with Gasteiger partial charge in [-0.25, -0.2) is 4.98 Å². The van der Waals surface area contributed by atoms with Crippen LogP contribution in [0.4, 0.5) is 0 Å². The molecule has 3 rings (SSSR count). The van der Waals surface area contributed by atoms with E-state index in [4.69, 9.17) is 5.73 Å². The highest BCUT2D eigenvalue weighted by molar-refractivity contribution is 7.09. The molecule has 2 N–H and O–H groups in total. The molecule has 1 aliphatic heterocycles. The Bertz CT molecular complexity index is 741. The van der Waals surface area contributed by atoms with Crippen LogP contribution in [0.2, 0.25) is 0 Å². The minimum Gasteiger partial charge on any atom is -0.366 e. The van der Waals surface area contributed by atoms with E-state index in [-0.39, 0.29) is 17.5 Å². The number of amides is 2. The quantitative estimate of drug-likeness (QED) is 0.940. The van der Waals surface area contributed by atoms with E-state index in [2.05, 4.69) is 4.98 Å². The molecule has 0 saturated carbocycles. The van der Waals surface area contributed by atoms with Crippen molar-refractivity contribution in [2.24, 2.45) is 5.73 Å². The first-order chi connectivity index (χ1) is 11.1. The van der Waals surface area contributed by atoms with Crippen molar-refractivity contribution in [2.75, 3.05) is 6.54 Å². The van der Waals surface area contributed by atoms with Crippen LogP contribution in [0.3, 0.4) is 0 Å². The second-order valence-corrected chi connectivity index (χ2v) is 6.64. The zero-order valence-electron chi connectivity index (χ0n) is 13.0. The van der Waals surface area contributed by atoms with E-state index >= 15 is 0 Å². The van der Waals surface area contributed by atoms with Crippen molar-refractivity contribution >= 4 is 23.2 Å². The van der Waals surface area contributed by atoms with Crippen molar-refractivity contribution in [1.29, 1.82) is 0 Å². The summed E-state index contributed by atoms with van der Waals surface area (Å²) in [4.78, 5) is 31.0. The summed E-state index contributed by atoms with van der Waals surface area (Å²) in [7, 11) is 0. The molecule has 1 aliphatic rings. The number of aryl methyl sites for hydroxylation is 1. The van der Waals surface area contributed by atoms with Crippen LogP contribution >= 0.6 is 11.3 Å². The number of carbonyl (C=O) groups excluding carboxylic acids is 2. The molecule has 23 heavy (non-hydrogen) atoms. The van der Waals surface area contributed by atoms with Crippen LogP contribution in [-0.4, -0.2) is 28.2 Å². The fourth-order valence-corrected chi connectivity index (χ4v) is 3.94. The van der Waals surface area contributed by atoms with Gasteiger partial charge in [-0.2, -0.15) is 0 Å². The van der Waals surface area contributed by atoms with Crippen molar-refractivity contribution in [3.05, 3.63) is 51.5 Å². The molecular formula is C17H19N3O2S. The van der Waals surface area contributed by atoms with Crippen molar-refractivity contribution < 1.29 is 9.59 Å². The van der Waals surface area contributed by atoms with Gasteiger partial charge >= 0.3 is 0 Å². The Kier molecular flexibility index (Phi) is 4.43. The summed E-state index contributed by atoms with van der Waals surface area (Å²) in [6.45, 7) is 2.63. The first-order valence-electron chi connectivity index (χ1n) is 7.69. The average molecular weight is 329 g/mol. The summed E-state index contributed by atoms with van der Waals surface area (Å²) >= 11 is 1.59. The number of hydrogen-bond donors (Lipinski definition) is 1. The van der Waals surface area contributed by atoms with E-state index in [1.54, 1.807) is 35.6 Å². The average Bonchev–Trinajstić information content (AvgIpc) is 3.00. The van der Waals surface area contributed by atoms with Crippen LogP contribution in [0, 0.1) is 6.92 Å². The normalized spacial score (nSPS) is 18.0. The molecule has 0 unspecified atom stereocenters. The summed E-state index contributed by atoms with van der Waals surface area (Å²) in [5.41, 5.74) is 7.03. The number of primary amides is 1. The fourth-order valence-electron chi connectivity index (χ4n) is 3.00. The molecule has 1 atom stereocenters. The van der Waals surface area contributed by atoms with Crippen molar-refractivity contribution in [3.8, 4) is 0 Å². The van der Waals surface area contributed by atoms with Crippen molar-refractivity contribution in [2.45, 2.75) is 32.2 Å². The third-order valence-electron chi connectivity index (χ3n) is 4.11. The maximum atomic E-state index is 13.0. The van der Waals surface area contributed by atoms with E-state index in [1.165, 1.54) is 0 Å². The fraction of sp³-hybridized carbons (Fsp3) is 0.353. The summed E-state index contributed by atoms with van der Waals surface area (Å²) in [5.74, 6) is -0.718. The number of nitrogens with zero attached hydrogens (tertiary/aromatic N) is 2. The van der Waals surface area contributed by atoms with Gasteiger partial charge in [0, 0.05) is 17.6 Å². The van der Waals surface area contributed by atoms with Gasteiger partial charge in [-0.05, 0) is 38.3 Å². The molecule has 2 amide bonds. The predicted molar refractivity (Wildman–Crippen MR) is 89.4 cm³/mol. The number of hydrogen-bond acceptors (Lipinski definition) is 4. The summed E-state index contributed by atoms with van der Waals surface area (Å²) in [6, 6.07) is 6.72. The minimum atomic E-state index is -0.576. The maximum absolute atomic E-state index is 13.0. The van der Waals surface area contributed by atoms with Gasteiger partial charge in [0.2, 0.25) is 5.91 Å². The van der Waals surface area contributed by atoms with Gasteiger partial charge in [0.1, 0.15) is 5.01 Å². The lowest BCUT2D eigenvalue weighted by Gasteiger charge is -2.35. The second-order valence-electron chi connectivity index (χ2n) is 5.75. The van der Waals surface area contributed by atoms with Gasteiger partial charge in [0.25, 0.3) is 5.91 Å². The van der Waals surface area contributed by atoms with Crippen LogP contribution in [0.25, 0.3) is 0 Å². The van der Waals surface area contributed by atoms with Crippen molar-refractivity contribution in [3.63, 3.8) is 0 Å². The van der Waals surface area contributed by atoms with Crippen LogP contribution in [0.1, 0.15) is 56.7 Å². The highest BCUT2D eigenvalue weighted by Gasteiger charge is 2.31. The lowest BCUT2D eigenvalue weighted by molar-refractivity contribution is 0.0607. The Labute approximate surface area is 139 Å². The topological polar surface area (TPSA) is 76.3 Å². The number of likely N-dealkylation sites (tertiary alicyclic amines) is 1. The monoisotopic (exact) mass is 329 g/mol. The number of rotatable bonds is 3. The van der Waals surface area contributed by atoms with Crippen LogP contribution < -0.4 is 5.73 Å². The molecule has 0 bridgehead atoms. The summed E-state index contributed by atoms with van der Waals surface area (Å²) in [6.07, 6.45) is 2.94. The molecule has 5 nitrogen and oxygen atoms in total. The zero-order valence-corrected chi connectivity index (χ0v) is 13.8. The number of carbonyl (C=O) groups is 2. The first kappa shape index (κ1) is 15.7. The highest BCUT2D eigenvalue weighted by Crippen LogP contribution is 2.34. The smallest absolute Gasteiger partial charge is 0.255 e. The molecule has 6 heteroatoms. The second kappa shape index (κ2) is 6.50. The Morgan fingerprint density at radius 2 is 2.00 bits per heavy atom. The number of aromatic nitrogens is 1. The molecule has 0 aliphatic carbocycles. The molecule has 1 aromatic carbocycles. The number of nitrogens with two attached hydrogens (primary N) is 1. The molecule has 0 radical (unpaired) electrons. The van der Waals surface area contributed by atoms with Crippen LogP contribution in [-0.2, 0) is 0 Å².